The molecule has 0 amide bonds. The monoisotopic (exact) mass is 326 g/mol. The molecule has 0 radical (unpaired) electrons. The summed E-state index contributed by atoms with van der Waals surface area (Å²) in [5, 5.41) is 13.0. The van der Waals surface area contributed by atoms with Crippen molar-refractivity contribution in [2.45, 2.75) is 32.1 Å². The van der Waals surface area contributed by atoms with Crippen LogP contribution in [0.3, 0.4) is 0 Å². The quantitative estimate of drug-likeness (QED) is 0.742. The van der Waals surface area contributed by atoms with Crippen molar-refractivity contribution < 1.29 is 9.47 Å². The van der Waals surface area contributed by atoms with Crippen LogP contribution < -0.4 is 14.8 Å². The maximum absolute atomic E-state index is 9.85. The van der Waals surface area contributed by atoms with E-state index in [0.717, 1.165) is 24.9 Å². The van der Waals surface area contributed by atoms with E-state index in [1.165, 1.54) is 0 Å². The number of nitriles is 1. The standard InChI is InChI=1S/C17H26N2O2.ClH/c1-13(2)17(12-18,9-6-10-19-3)14-7-8-15(20-4)16(11-14)21-5;/h7-8,11,13,19H,6,9-10H2,1-5H3;1H. The Morgan fingerprint density at radius 3 is 2.32 bits per heavy atom. The summed E-state index contributed by atoms with van der Waals surface area (Å²) in [5.41, 5.74) is 0.491. The minimum atomic E-state index is -0.504. The van der Waals surface area contributed by atoms with Crippen molar-refractivity contribution in [3.05, 3.63) is 23.8 Å². The summed E-state index contributed by atoms with van der Waals surface area (Å²) in [5.74, 6) is 1.58. The van der Waals surface area contributed by atoms with Gasteiger partial charge in [-0.2, -0.15) is 5.26 Å². The van der Waals surface area contributed by atoms with Crippen molar-refractivity contribution >= 4 is 12.4 Å². The summed E-state index contributed by atoms with van der Waals surface area (Å²) in [6.07, 6.45) is 1.77. The number of nitrogens with zero attached hydrogens (tertiary/aromatic N) is 1. The third kappa shape index (κ3) is 4.28. The van der Waals surface area contributed by atoms with Crippen molar-refractivity contribution in [1.29, 1.82) is 5.26 Å². The Kier molecular flexibility index (Phi) is 8.93. The van der Waals surface area contributed by atoms with Gasteiger partial charge in [0.2, 0.25) is 0 Å². The molecule has 1 aromatic rings. The van der Waals surface area contributed by atoms with E-state index in [2.05, 4.69) is 25.2 Å². The normalized spacial score (nSPS) is 13.0. The maximum atomic E-state index is 9.85. The smallest absolute Gasteiger partial charge is 0.161 e. The first-order chi connectivity index (χ1) is 10.1. The molecule has 0 saturated heterocycles. The number of rotatable bonds is 8. The van der Waals surface area contributed by atoms with E-state index in [1.807, 2.05) is 25.2 Å². The van der Waals surface area contributed by atoms with Gasteiger partial charge in [-0.1, -0.05) is 19.9 Å². The molecule has 0 spiro atoms. The van der Waals surface area contributed by atoms with E-state index >= 15 is 0 Å². The van der Waals surface area contributed by atoms with E-state index in [4.69, 9.17) is 9.47 Å². The highest BCUT2D eigenvalue weighted by atomic mass is 35.5. The van der Waals surface area contributed by atoms with Crippen LogP contribution >= 0.6 is 12.4 Å². The summed E-state index contributed by atoms with van der Waals surface area (Å²) in [6, 6.07) is 8.34. The fourth-order valence-corrected chi connectivity index (χ4v) is 2.67. The average Bonchev–Trinajstić information content (AvgIpc) is 2.51. The first-order valence-corrected chi connectivity index (χ1v) is 7.34. The van der Waals surface area contributed by atoms with Crippen molar-refractivity contribution in [2.24, 2.45) is 5.92 Å². The molecule has 124 valence electrons. The minimum absolute atomic E-state index is 0. The van der Waals surface area contributed by atoms with Crippen LogP contribution in [-0.4, -0.2) is 27.8 Å². The largest absolute Gasteiger partial charge is 0.493 e. The van der Waals surface area contributed by atoms with Gasteiger partial charge in [-0.05, 0) is 50.0 Å². The molecule has 1 N–H and O–H groups in total. The number of nitrogens with one attached hydrogen (secondary N) is 1. The van der Waals surface area contributed by atoms with E-state index in [0.29, 0.717) is 11.5 Å². The molecule has 1 rings (SSSR count). The highest BCUT2D eigenvalue weighted by molar-refractivity contribution is 5.85. The van der Waals surface area contributed by atoms with Gasteiger partial charge in [0.15, 0.2) is 11.5 Å². The van der Waals surface area contributed by atoms with Crippen LogP contribution in [0.1, 0.15) is 32.3 Å². The Hall–Kier alpha value is -1.44. The molecular formula is C17H27ClN2O2. The number of ether oxygens (including phenoxy) is 2. The van der Waals surface area contributed by atoms with Gasteiger partial charge in [0, 0.05) is 0 Å². The number of hydrogen-bond acceptors (Lipinski definition) is 4. The molecule has 0 bridgehead atoms. The third-order valence-electron chi connectivity index (χ3n) is 4.08. The predicted molar refractivity (Wildman–Crippen MR) is 92.1 cm³/mol. The van der Waals surface area contributed by atoms with Gasteiger partial charge in [0.1, 0.15) is 0 Å². The Morgan fingerprint density at radius 1 is 1.23 bits per heavy atom. The van der Waals surface area contributed by atoms with Crippen LogP contribution in [0.25, 0.3) is 0 Å². The molecule has 0 aliphatic carbocycles. The van der Waals surface area contributed by atoms with E-state index in [-0.39, 0.29) is 18.3 Å². The van der Waals surface area contributed by atoms with Crippen LogP contribution in [0.5, 0.6) is 11.5 Å². The van der Waals surface area contributed by atoms with Gasteiger partial charge in [0.05, 0.1) is 25.7 Å². The first kappa shape index (κ1) is 20.6. The third-order valence-corrected chi connectivity index (χ3v) is 4.08. The van der Waals surface area contributed by atoms with Crippen LogP contribution in [0.4, 0.5) is 0 Å². The molecule has 1 aromatic carbocycles. The van der Waals surface area contributed by atoms with Crippen molar-refractivity contribution in [3.8, 4) is 17.6 Å². The Balaban J connectivity index is 0.00000441. The van der Waals surface area contributed by atoms with Crippen LogP contribution in [-0.2, 0) is 5.41 Å². The number of halogens is 1. The zero-order valence-corrected chi connectivity index (χ0v) is 14.9. The number of methoxy groups -OCH3 is 2. The molecular weight excluding hydrogens is 300 g/mol. The zero-order valence-electron chi connectivity index (χ0n) is 14.1. The number of hydrogen-bond donors (Lipinski definition) is 1. The zero-order chi connectivity index (χ0) is 15.9. The lowest BCUT2D eigenvalue weighted by atomic mass is 9.70. The lowest BCUT2D eigenvalue weighted by molar-refractivity contribution is 0.341. The predicted octanol–water partition coefficient (Wildman–Crippen LogP) is 3.54. The molecule has 1 unspecified atom stereocenters. The van der Waals surface area contributed by atoms with Crippen LogP contribution in [0.15, 0.2) is 18.2 Å². The summed E-state index contributed by atoms with van der Waals surface area (Å²) >= 11 is 0. The molecule has 0 aliphatic heterocycles. The van der Waals surface area contributed by atoms with Gasteiger partial charge in [-0.25, -0.2) is 0 Å². The Labute approximate surface area is 140 Å². The molecule has 5 heteroatoms. The molecule has 0 fully saturated rings. The second kappa shape index (κ2) is 9.55. The van der Waals surface area contributed by atoms with E-state index < -0.39 is 5.41 Å². The van der Waals surface area contributed by atoms with Crippen LogP contribution in [0, 0.1) is 17.2 Å². The molecule has 0 aromatic heterocycles. The van der Waals surface area contributed by atoms with Gasteiger partial charge in [0.25, 0.3) is 0 Å². The molecule has 0 saturated carbocycles. The van der Waals surface area contributed by atoms with Crippen molar-refractivity contribution in [2.75, 3.05) is 27.8 Å². The maximum Gasteiger partial charge on any atom is 0.161 e. The fraction of sp³-hybridized carbons (Fsp3) is 0.588. The molecule has 0 aliphatic rings. The summed E-state index contributed by atoms with van der Waals surface area (Å²) < 4.78 is 10.7. The van der Waals surface area contributed by atoms with Gasteiger partial charge in [-0.3, -0.25) is 0 Å². The molecule has 0 heterocycles. The average molecular weight is 327 g/mol. The highest BCUT2D eigenvalue weighted by Crippen LogP contribution is 2.40. The Morgan fingerprint density at radius 2 is 1.86 bits per heavy atom. The highest BCUT2D eigenvalue weighted by Gasteiger charge is 2.36. The second-order valence-corrected chi connectivity index (χ2v) is 5.51. The second-order valence-electron chi connectivity index (χ2n) is 5.51. The lowest BCUT2D eigenvalue weighted by Gasteiger charge is -2.32. The van der Waals surface area contributed by atoms with E-state index in [9.17, 15) is 5.26 Å². The molecule has 1 atom stereocenters. The van der Waals surface area contributed by atoms with Gasteiger partial charge >= 0.3 is 0 Å². The lowest BCUT2D eigenvalue weighted by Crippen LogP contribution is -2.31. The Bertz CT molecular complexity index is 500. The van der Waals surface area contributed by atoms with Gasteiger partial charge in [-0.15, -0.1) is 12.4 Å². The van der Waals surface area contributed by atoms with Crippen molar-refractivity contribution in [1.82, 2.24) is 5.32 Å². The van der Waals surface area contributed by atoms with Crippen LogP contribution in [0.2, 0.25) is 0 Å². The fourth-order valence-electron chi connectivity index (χ4n) is 2.67. The summed E-state index contributed by atoms with van der Waals surface area (Å²) in [6.45, 7) is 5.10. The first-order valence-electron chi connectivity index (χ1n) is 7.34. The molecule has 22 heavy (non-hydrogen) atoms. The van der Waals surface area contributed by atoms with Crippen molar-refractivity contribution in [3.63, 3.8) is 0 Å². The summed E-state index contributed by atoms with van der Waals surface area (Å²) in [4.78, 5) is 0. The SMILES string of the molecule is CNCCCC(C#N)(c1ccc(OC)c(OC)c1)C(C)C.Cl. The van der Waals surface area contributed by atoms with E-state index in [1.54, 1.807) is 14.2 Å². The topological polar surface area (TPSA) is 54.3 Å². The van der Waals surface area contributed by atoms with Gasteiger partial charge < -0.3 is 14.8 Å². The number of benzene rings is 1. The molecule has 4 nitrogen and oxygen atoms in total. The summed E-state index contributed by atoms with van der Waals surface area (Å²) in [7, 11) is 5.16. The minimum Gasteiger partial charge on any atom is -0.493 e.